The summed E-state index contributed by atoms with van der Waals surface area (Å²) in [7, 11) is 0. The molecule has 0 aliphatic rings. The first kappa shape index (κ1) is 18.7. The van der Waals surface area contributed by atoms with Crippen molar-refractivity contribution in [2.45, 2.75) is 13.5 Å². The second kappa shape index (κ2) is 8.46. The van der Waals surface area contributed by atoms with Gasteiger partial charge in [-0.1, -0.05) is 11.6 Å². The summed E-state index contributed by atoms with van der Waals surface area (Å²) in [5, 5.41) is 10.8. The van der Waals surface area contributed by atoms with E-state index < -0.39 is 4.92 Å². The van der Waals surface area contributed by atoms with E-state index in [1.807, 2.05) is 19.1 Å². The fourth-order valence-corrected chi connectivity index (χ4v) is 3.68. The van der Waals surface area contributed by atoms with Crippen molar-refractivity contribution >= 4 is 50.5 Å². The van der Waals surface area contributed by atoms with Gasteiger partial charge in [0.2, 0.25) is 0 Å². The molecule has 0 N–H and O–H groups in total. The van der Waals surface area contributed by atoms with Gasteiger partial charge in [-0.25, -0.2) is 0 Å². The van der Waals surface area contributed by atoms with Crippen LogP contribution < -0.4 is 4.74 Å². The maximum Gasteiger partial charge on any atom is 0.271 e. The molecule has 0 atom stereocenters. The molecule has 0 aliphatic carbocycles. The standard InChI is InChI=1S/C15H14BrClN2O4S/c1-2-18(8-11-4-6-14(16)24-11)15(20)9-23-13-5-3-10(19(21)22)7-12(13)17/h3-7H,2,8-9H2,1H3. The Bertz CT molecular complexity index is 753. The number of benzene rings is 1. The molecule has 1 heterocycles. The Balaban J connectivity index is 1.97. The molecule has 1 amide bonds. The van der Waals surface area contributed by atoms with Gasteiger partial charge in [-0.15, -0.1) is 11.3 Å². The number of non-ortho nitro benzene ring substituents is 1. The summed E-state index contributed by atoms with van der Waals surface area (Å²) in [6.07, 6.45) is 0. The number of nitro groups is 1. The Morgan fingerprint density at radius 3 is 2.71 bits per heavy atom. The van der Waals surface area contributed by atoms with Gasteiger partial charge in [0.15, 0.2) is 6.61 Å². The van der Waals surface area contributed by atoms with Crippen LogP contribution in [0.15, 0.2) is 34.1 Å². The number of halogens is 2. The lowest BCUT2D eigenvalue weighted by atomic mass is 10.3. The van der Waals surface area contributed by atoms with Gasteiger partial charge < -0.3 is 9.64 Å². The van der Waals surface area contributed by atoms with Crippen molar-refractivity contribution in [2.75, 3.05) is 13.2 Å². The van der Waals surface area contributed by atoms with E-state index in [1.165, 1.54) is 18.2 Å². The highest BCUT2D eigenvalue weighted by atomic mass is 79.9. The molecule has 9 heteroatoms. The number of rotatable bonds is 7. The highest BCUT2D eigenvalue weighted by molar-refractivity contribution is 9.11. The SMILES string of the molecule is CCN(Cc1ccc(Br)s1)C(=O)COc1ccc([N+](=O)[O-])cc1Cl. The number of likely N-dealkylation sites (N-methyl/N-ethyl adjacent to an activating group) is 1. The van der Waals surface area contributed by atoms with Crippen LogP contribution in [0, 0.1) is 10.1 Å². The average Bonchev–Trinajstić information content (AvgIpc) is 2.96. The van der Waals surface area contributed by atoms with Crippen molar-refractivity contribution in [3.8, 4) is 5.75 Å². The number of carbonyl (C=O) groups is 1. The van der Waals surface area contributed by atoms with Crippen LogP contribution in [0.1, 0.15) is 11.8 Å². The third kappa shape index (κ3) is 4.93. The molecule has 2 aromatic rings. The van der Waals surface area contributed by atoms with Gasteiger partial charge in [-0.3, -0.25) is 14.9 Å². The Morgan fingerprint density at radius 1 is 1.42 bits per heavy atom. The van der Waals surface area contributed by atoms with E-state index in [-0.39, 0.29) is 29.0 Å². The molecule has 24 heavy (non-hydrogen) atoms. The average molecular weight is 434 g/mol. The smallest absolute Gasteiger partial charge is 0.271 e. The number of thiophene rings is 1. The maximum absolute atomic E-state index is 12.3. The zero-order chi connectivity index (χ0) is 17.7. The quantitative estimate of drug-likeness (QED) is 0.476. The van der Waals surface area contributed by atoms with E-state index in [1.54, 1.807) is 16.2 Å². The summed E-state index contributed by atoms with van der Waals surface area (Å²) in [6, 6.07) is 7.76. The number of nitrogens with zero attached hydrogens (tertiary/aromatic N) is 2. The second-order valence-corrected chi connectivity index (χ2v) is 7.73. The van der Waals surface area contributed by atoms with Crippen LogP contribution >= 0.6 is 38.9 Å². The van der Waals surface area contributed by atoms with Crippen molar-refractivity contribution < 1.29 is 14.5 Å². The third-order valence-electron chi connectivity index (χ3n) is 3.19. The van der Waals surface area contributed by atoms with Crippen LogP contribution in [0.4, 0.5) is 5.69 Å². The largest absolute Gasteiger partial charge is 0.482 e. The van der Waals surface area contributed by atoms with E-state index in [4.69, 9.17) is 16.3 Å². The minimum absolute atomic E-state index is 0.0993. The van der Waals surface area contributed by atoms with Gasteiger partial charge in [0.25, 0.3) is 11.6 Å². The van der Waals surface area contributed by atoms with Crippen LogP contribution in [-0.2, 0) is 11.3 Å². The summed E-state index contributed by atoms with van der Waals surface area (Å²) in [6.45, 7) is 2.76. The number of hydrogen-bond donors (Lipinski definition) is 0. The van der Waals surface area contributed by atoms with E-state index in [9.17, 15) is 14.9 Å². The predicted molar refractivity (Wildman–Crippen MR) is 96.7 cm³/mol. The summed E-state index contributed by atoms with van der Waals surface area (Å²) in [4.78, 5) is 25.1. The molecule has 0 unspecified atom stereocenters. The molecule has 0 saturated heterocycles. The summed E-state index contributed by atoms with van der Waals surface area (Å²) >= 11 is 10.9. The van der Waals surface area contributed by atoms with Gasteiger partial charge in [0.05, 0.1) is 20.3 Å². The van der Waals surface area contributed by atoms with Gasteiger partial charge >= 0.3 is 0 Å². The van der Waals surface area contributed by atoms with Crippen LogP contribution in [0.3, 0.4) is 0 Å². The number of amides is 1. The third-order valence-corrected chi connectivity index (χ3v) is 5.09. The zero-order valence-electron chi connectivity index (χ0n) is 12.7. The summed E-state index contributed by atoms with van der Waals surface area (Å²) in [5.41, 5.74) is -0.128. The molecule has 1 aromatic carbocycles. The minimum Gasteiger partial charge on any atom is -0.482 e. The lowest BCUT2D eigenvalue weighted by molar-refractivity contribution is -0.384. The molecule has 0 fully saturated rings. The first-order valence-electron chi connectivity index (χ1n) is 6.99. The molecule has 2 rings (SSSR count). The van der Waals surface area contributed by atoms with Crippen molar-refractivity contribution in [3.05, 3.63) is 54.1 Å². The summed E-state index contributed by atoms with van der Waals surface area (Å²) < 4.78 is 6.42. The zero-order valence-corrected chi connectivity index (χ0v) is 15.9. The lowest BCUT2D eigenvalue weighted by Crippen LogP contribution is -2.34. The molecule has 0 spiro atoms. The Hall–Kier alpha value is -1.64. The van der Waals surface area contributed by atoms with Crippen molar-refractivity contribution in [2.24, 2.45) is 0 Å². The second-order valence-electron chi connectivity index (χ2n) is 4.77. The Morgan fingerprint density at radius 2 is 2.17 bits per heavy atom. The molecular formula is C15H14BrClN2O4S. The normalized spacial score (nSPS) is 10.5. The van der Waals surface area contributed by atoms with Crippen LogP contribution in [0.2, 0.25) is 5.02 Å². The molecule has 128 valence electrons. The molecule has 6 nitrogen and oxygen atoms in total. The van der Waals surface area contributed by atoms with E-state index in [0.29, 0.717) is 13.1 Å². The molecule has 0 radical (unpaired) electrons. The maximum atomic E-state index is 12.3. The van der Waals surface area contributed by atoms with Crippen molar-refractivity contribution in [3.63, 3.8) is 0 Å². The monoisotopic (exact) mass is 432 g/mol. The van der Waals surface area contributed by atoms with Gasteiger partial charge in [-0.2, -0.15) is 0 Å². The summed E-state index contributed by atoms with van der Waals surface area (Å²) in [5.74, 6) is 0.0574. The number of hydrogen-bond acceptors (Lipinski definition) is 5. The highest BCUT2D eigenvalue weighted by Gasteiger charge is 2.16. The molecule has 0 saturated carbocycles. The molecular weight excluding hydrogens is 420 g/mol. The Labute approximate surface area is 156 Å². The first-order valence-corrected chi connectivity index (χ1v) is 8.98. The first-order chi connectivity index (χ1) is 11.4. The fraction of sp³-hybridized carbons (Fsp3) is 0.267. The molecule has 1 aromatic heterocycles. The van der Waals surface area contributed by atoms with Crippen molar-refractivity contribution in [1.82, 2.24) is 4.90 Å². The van der Waals surface area contributed by atoms with Gasteiger partial charge in [-0.05, 0) is 41.1 Å². The topological polar surface area (TPSA) is 72.7 Å². The van der Waals surface area contributed by atoms with Gasteiger partial charge in [0, 0.05) is 23.6 Å². The van der Waals surface area contributed by atoms with E-state index >= 15 is 0 Å². The van der Waals surface area contributed by atoms with Crippen LogP contribution in [0.5, 0.6) is 5.75 Å². The Kier molecular flexibility index (Phi) is 6.59. The van der Waals surface area contributed by atoms with Crippen molar-refractivity contribution in [1.29, 1.82) is 0 Å². The fourth-order valence-electron chi connectivity index (χ4n) is 1.95. The number of carbonyl (C=O) groups excluding carboxylic acids is 1. The van der Waals surface area contributed by atoms with E-state index in [2.05, 4.69) is 15.9 Å². The molecule has 0 aliphatic heterocycles. The van der Waals surface area contributed by atoms with E-state index in [0.717, 1.165) is 8.66 Å². The minimum atomic E-state index is -0.543. The lowest BCUT2D eigenvalue weighted by Gasteiger charge is -2.20. The van der Waals surface area contributed by atoms with Crippen LogP contribution in [-0.4, -0.2) is 28.9 Å². The number of nitro benzene ring substituents is 1. The highest BCUT2D eigenvalue weighted by Crippen LogP contribution is 2.28. The predicted octanol–water partition coefficient (Wildman–Crippen LogP) is 4.50. The number of ether oxygens (including phenoxy) is 1. The van der Waals surface area contributed by atoms with Crippen LogP contribution in [0.25, 0.3) is 0 Å². The van der Waals surface area contributed by atoms with Gasteiger partial charge in [0.1, 0.15) is 5.75 Å². The molecule has 0 bridgehead atoms.